The number of carbonyl (C=O) groups excluding carboxylic acids is 7. The van der Waals surface area contributed by atoms with Crippen LogP contribution in [0.5, 0.6) is 5.75 Å². The third-order valence-corrected chi connectivity index (χ3v) is 11.8. The van der Waals surface area contributed by atoms with E-state index in [0.29, 0.717) is 29.5 Å². The van der Waals surface area contributed by atoms with Gasteiger partial charge in [0.1, 0.15) is 42.0 Å². The van der Waals surface area contributed by atoms with Gasteiger partial charge in [0.2, 0.25) is 41.4 Å². The minimum Gasteiger partial charge on any atom is -0.508 e. The van der Waals surface area contributed by atoms with Crippen LogP contribution in [0.1, 0.15) is 63.6 Å². The highest BCUT2D eigenvalue weighted by molar-refractivity contribution is 5.98. The van der Waals surface area contributed by atoms with E-state index >= 15 is 0 Å². The Balaban J connectivity index is 1.61. The lowest BCUT2D eigenvalue weighted by molar-refractivity contribution is -0.147. The number of aliphatic hydroxyl groups excluding tert-OH is 2. The van der Waals surface area contributed by atoms with Crippen LogP contribution < -0.4 is 37.6 Å². The van der Waals surface area contributed by atoms with Gasteiger partial charge < -0.3 is 63.0 Å². The van der Waals surface area contributed by atoms with Gasteiger partial charge in [-0.2, -0.15) is 0 Å². The van der Waals surface area contributed by atoms with Crippen LogP contribution in [0.2, 0.25) is 0 Å². The van der Waals surface area contributed by atoms with Crippen molar-refractivity contribution in [1.82, 2.24) is 36.8 Å². The van der Waals surface area contributed by atoms with E-state index in [-0.39, 0.29) is 38.0 Å². The summed E-state index contributed by atoms with van der Waals surface area (Å²) in [6.45, 7) is 5.58. The molecular weight excluding hydrogens is 881 g/mol. The van der Waals surface area contributed by atoms with E-state index in [2.05, 4.69) is 31.9 Å². The fourth-order valence-electron chi connectivity index (χ4n) is 7.70. The smallest absolute Gasteiger partial charge is 0.328 e. The van der Waals surface area contributed by atoms with Crippen molar-refractivity contribution in [2.45, 2.75) is 121 Å². The van der Waals surface area contributed by atoms with Crippen molar-refractivity contribution in [1.29, 1.82) is 0 Å². The highest BCUT2D eigenvalue weighted by Crippen LogP contribution is 2.22. The van der Waals surface area contributed by atoms with E-state index in [9.17, 15) is 58.8 Å². The topological polar surface area (TPSA) is 319 Å². The summed E-state index contributed by atoms with van der Waals surface area (Å²) in [5, 5.41) is 55.9. The predicted octanol–water partition coefficient (Wildman–Crippen LogP) is -0.829. The fraction of sp³-hybridized carbons (Fsp3) is 0.458. The predicted molar refractivity (Wildman–Crippen MR) is 248 cm³/mol. The molecular formula is C48H64N8O12. The minimum atomic E-state index is -1.70. The molecule has 1 aliphatic rings. The molecule has 368 valence electrons. The third-order valence-electron chi connectivity index (χ3n) is 11.8. The first-order valence-electron chi connectivity index (χ1n) is 22.6. The molecule has 10 unspecified atom stereocenters. The van der Waals surface area contributed by atoms with E-state index in [1.54, 1.807) is 74.5 Å². The molecule has 1 fully saturated rings. The van der Waals surface area contributed by atoms with E-state index in [0.717, 1.165) is 0 Å². The molecule has 0 spiro atoms. The molecule has 12 N–H and O–H groups in total. The largest absolute Gasteiger partial charge is 0.508 e. The van der Waals surface area contributed by atoms with Crippen LogP contribution in [-0.4, -0.2) is 140 Å². The molecule has 1 aliphatic heterocycles. The number of likely N-dealkylation sites (tertiary alicyclic amines) is 1. The van der Waals surface area contributed by atoms with Gasteiger partial charge >= 0.3 is 5.97 Å². The number of nitrogens with zero attached hydrogens (tertiary/aromatic N) is 1. The first-order valence-corrected chi connectivity index (χ1v) is 22.6. The summed E-state index contributed by atoms with van der Waals surface area (Å²) in [5.74, 6) is -7.61. The summed E-state index contributed by atoms with van der Waals surface area (Å²) in [6, 6.07) is 13.7. The SMILES string of the molecule is CCC(C)C(NC(=O)C(NC(=O)C(Cc1ccc(O)cc1)NC(=O)C(Cc1ccccc1)NC(=O)C(Cc1ccccc1)NC(=O)CN)C(C)O)C(=O)N1CCCC1C(=O)NC(C(=O)O)C(C)O. The summed E-state index contributed by atoms with van der Waals surface area (Å²) < 4.78 is 0. The Bertz CT molecular complexity index is 2190. The Kier molecular flexibility index (Phi) is 20.4. The second kappa shape index (κ2) is 25.9. The Morgan fingerprint density at radius 3 is 1.53 bits per heavy atom. The van der Waals surface area contributed by atoms with Crippen molar-refractivity contribution in [2.75, 3.05) is 13.1 Å². The number of rotatable bonds is 24. The zero-order valence-corrected chi connectivity index (χ0v) is 38.6. The number of aliphatic carboxylic acids is 1. The van der Waals surface area contributed by atoms with Gasteiger partial charge in [-0.3, -0.25) is 33.6 Å². The summed E-state index contributed by atoms with van der Waals surface area (Å²) in [7, 11) is 0. The molecule has 0 radical (unpaired) electrons. The van der Waals surface area contributed by atoms with E-state index < -0.39 is 114 Å². The lowest BCUT2D eigenvalue weighted by Crippen LogP contribution is -2.63. The Labute approximate surface area is 394 Å². The molecule has 3 aromatic carbocycles. The Hall–Kier alpha value is -6.90. The molecule has 0 aliphatic carbocycles. The zero-order chi connectivity index (χ0) is 50.1. The van der Waals surface area contributed by atoms with Crippen LogP contribution >= 0.6 is 0 Å². The van der Waals surface area contributed by atoms with Crippen molar-refractivity contribution in [2.24, 2.45) is 11.7 Å². The number of phenolic OH excluding ortho intramolecular Hbond substituents is 1. The number of nitrogens with two attached hydrogens (primary N) is 1. The molecule has 0 saturated carbocycles. The molecule has 3 aromatic rings. The van der Waals surface area contributed by atoms with Crippen molar-refractivity contribution in [3.05, 3.63) is 102 Å². The van der Waals surface area contributed by atoms with Crippen molar-refractivity contribution >= 4 is 47.3 Å². The number of carboxylic acids is 1. The van der Waals surface area contributed by atoms with Gasteiger partial charge in [0.25, 0.3) is 0 Å². The Morgan fingerprint density at radius 2 is 1.07 bits per heavy atom. The number of aliphatic hydroxyl groups is 2. The number of aromatic hydroxyl groups is 1. The standard InChI is InChI=1S/C48H64N8O12/c1-5-27(2)39(47(66)56-22-12-17-37(56)45(64)55-41(29(4)58)48(67)68)53-46(65)40(28(3)57)54-44(63)36(25-32-18-20-33(59)21-19-32)52-43(62)35(24-31-15-10-7-11-16-31)51-42(61)34(50-38(60)26-49)23-30-13-8-6-9-14-30/h6-11,13-16,18-21,27-29,34-37,39-41,57-59H,5,12,17,22-26,49H2,1-4H3,(H,50,60)(H,51,61)(H,52,62)(H,53,65)(H,54,63)(H,55,64)(H,67,68). The normalized spacial score (nSPS) is 17.3. The van der Waals surface area contributed by atoms with Crippen LogP contribution in [-0.2, 0) is 57.6 Å². The highest BCUT2D eigenvalue weighted by Gasteiger charge is 2.42. The zero-order valence-electron chi connectivity index (χ0n) is 38.6. The van der Waals surface area contributed by atoms with Gasteiger partial charge in [-0.1, -0.05) is 93.1 Å². The summed E-state index contributed by atoms with van der Waals surface area (Å²) in [4.78, 5) is 110. The third kappa shape index (κ3) is 15.6. The number of benzene rings is 3. The van der Waals surface area contributed by atoms with Crippen LogP contribution in [0.25, 0.3) is 0 Å². The average molecular weight is 945 g/mol. The van der Waals surface area contributed by atoms with E-state index in [1.807, 2.05) is 0 Å². The minimum absolute atomic E-state index is 0.0567. The number of nitrogens with one attached hydrogen (secondary N) is 6. The molecule has 1 heterocycles. The molecule has 0 bridgehead atoms. The maximum atomic E-state index is 14.4. The van der Waals surface area contributed by atoms with Crippen LogP contribution in [0, 0.1) is 5.92 Å². The van der Waals surface area contributed by atoms with Crippen LogP contribution in [0.3, 0.4) is 0 Å². The lowest BCUT2D eigenvalue weighted by atomic mass is 9.96. The monoisotopic (exact) mass is 944 g/mol. The number of amides is 7. The van der Waals surface area contributed by atoms with Crippen molar-refractivity contribution in [3.8, 4) is 5.75 Å². The van der Waals surface area contributed by atoms with Crippen molar-refractivity contribution in [3.63, 3.8) is 0 Å². The molecule has 10 atom stereocenters. The van der Waals surface area contributed by atoms with Gasteiger partial charge in [0.15, 0.2) is 6.04 Å². The molecule has 20 heteroatoms. The summed E-state index contributed by atoms with van der Waals surface area (Å²) in [5.41, 5.74) is 7.38. The number of carbonyl (C=O) groups is 8. The highest BCUT2D eigenvalue weighted by atomic mass is 16.4. The molecule has 1 saturated heterocycles. The van der Waals surface area contributed by atoms with Gasteiger partial charge in [-0.25, -0.2) is 4.79 Å². The number of phenols is 1. The van der Waals surface area contributed by atoms with Gasteiger partial charge in [-0.05, 0) is 61.4 Å². The van der Waals surface area contributed by atoms with E-state index in [4.69, 9.17) is 5.73 Å². The van der Waals surface area contributed by atoms with Gasteiger partial charge in [0.05, 0.1) is 18.8 Å². The number of carboxylic acid groups (broad SMARTS) is 1. The molecule has 68 heavy (non-hydrogen) atoms. The maximum Gasteiger partial charge on any atom is 0.328 e. The number of hydrogen-bond donors (Lipinski definition) is 11. The summed E-state index contributed by atoms with van der Waals surface area (Å²) in [6.07, 6.45) is -2.28. The maximum absolute atomic E-state index is 14.4. The molecule has 20 nitrogen and oxygen atoms in total. The Morgan fingerprint density at radius 1 is 0.618 bits per heavy atom. The second-order valence-electron chi connectivity index (χ2n) is 17.1. The molecule has 4 rings (SSSR count). The second-order valence-corrected chi connectivity index (χ2v) is 17.1. The average Bonchev–Trinajstić information content (AvgIpc) is 3.82. The first-order chi connectivity index (χ1) is 32.3. The molecule has 7 amide bonds. The van der Waals surface area contributed by atoms with Gasteiger partial charge in [0, 0.05) is 25.8 Å². The van der Waals surface area contributed by atoms with E-state index in [1.165, 1.54) is 43.0 Å². The first kappa shape index (κ1) is 53.7. The van der Waals surface area contributed by atoms with Crippen LogP contribution in [0.15, 0.2) is 84.9 Å². The lowest BCUT2D eigenvalue weighted by Gasteiger charge is -2.33. The van der Waals surface area contributed by atoms with Gasteiger partial charge in [-0.15, -0.1) is 0 Å². The quantitative estimate of drug-likeness (QED) is 0.0524. The fourth-order valence-corrected chi connectivity index (χ4v) is 7.70. The van der Waals surface area contributed by atoms with Crippen LogP contribution in [0.4, 0.5) is 0 Å². The summed E-state index contributed by atoms with van der Waals surface area (Å²) >= 11 is 0. The number of hydrogen-bond acceptors (Lipinski definition) is 12. The van der Waals surface area contributed by atoms with Crippen molar-refractivity contribution < 1.29 is 58.8 Å². The molecule has 0 aromatic heterocycles.